The van der Waals surface area contributed by atoms with Crippen LogP contribution in [-0.4, -0.2) is 37.6 Å². The molecule has 2 N–H and O–H groups in total. The fourth-order valence-electron chi connectivity index (χ4n) is 3.73. The minimum Gasteiger partial charge on any atom is -0.376 e. The second-order valence-electron chi connectivity index (χ2n) is 7.97. The third-order valence-corrected chi connectivity index (χ3v) is 5.72. The Balaban J connectivity index is 1.69. The monoisotopic (exact) mass is 440 g/mol. The highest BCUT2D eigenvalue weighted by molar-refractivity contribution is 5.62. The number of hydrogen-bond donors (Lipinski definition) is 2. The van der Waals surface area contributed by atoms with Crippen LogP contribution in [0.4, 0.5) is 27.8 Å². The Morgan fingerprint density at radius 3 is 2.65 bits per heavy atom. The van der Waals surface area contributed by atoms with Crippen LogP contribution in [-0.2, 0) is 5.60 Å². The van der Waals surface area contributed by atoms with Gasteiger partial charge in [0.05, 0.1) is 23.6 Å². The van der Waals surface area contributed by atoms with Crippen molar-refractivity contribution in [3.8, 4) is 11.4 Å². The van der Waals surface area contributed by atoms with Crippen LogP contribution in [0.15, 0.2) is 42.7 Å². The van der Waals surface area contributed by atoms with Crippen molar-refractivity contribution in [2.75, 3.05) is 5.32 Å². The molecule has 0 bridgehead atoms. The Labute approximate surface area is 174 Å². The summed E-state index contributed by atoms with van der Waals surface area (Å²) in [6.07, 6.45) is -0.962. The van der Waals surface area contributed by atoms with Crippen LogP contribution in [0.5, 0.6) is 0 Å². The van der Waals surface area contributed by atoms with Crippen molar-refractivity contribution >= 4 is 11.5 Å². The Morgan fingerprint density at radius 1 is 1.16 bits per heavy atom. The van der Waals surface area contributed by atoms with E-state index in [1.54, 1.807) is 18.2 Å². The number of alkyl halides is 5. The molecule has 1 aliphatic carbocycles. The van der Waals surface area contributed by atoms with Gasteiger partial charge in [-0.05, 0) is 38.0 Å². The van der Waals surface area contributed by atoms with Crippen LogP contribution in [0.3, 0.4) is 0 Å². The molecule has 1 fully saturated rings. The summed E-state index contributed by atoms with van der Waals surface area (Å²) in [5, 5.41) is 12.8. The summed E-state index contributed by atoms with van der Waals surface area (Å²) in [6.45, 7) is 0.678. The summed E-state index contributed by atoms with van der Waals surface area (Å²) in [5.74, 6) is -2.59. The largest absolute Gasteiger partial charge is 0.421 e. The third kappa shape index (κ3) is 3.96. The minimum atomic E-state index is -4.87. The molecule has 0 aromatic carbocycles. The van der Waals surface area contributed by atoms with Gasteiger partial charge in [-0.25, -0.2) is 18.7 Å². The lowest BCUT2D eigenvalue weighted by Crippen LogP contribution is -2.42. The van der Waals surface area contributed by atoms with E-state index < -0.39 is 23.7 Å². The van der Waals surface area contributed by atoms with E-state index in [0.29, 0.717) is 43.2 Å². The standard InChI is InChI=1S/C21H21F5N4O/c1-19(31,21(24,25)26)13-8-9-18-27-11-15(30(18)12-13)14-5-4-7-17(28-14)29-16-6-2-3-10-20(16,22)23/h4-5,7-9,11-12,16,31H,2-3,6,10H2,1H3,(H,28,29)/t16-,19-/m0/s1. The number of anilines is 1. The first kappa shape index (κ1) is 21.5. The summed E-state index contributed by atoms with van der Waals surface area (Å²) < 4.78 is 69.5. The van der Waals surface area contributed by atoms with E-state index in [-0.39, 0.29) is 17.8 Å². The van der Waals surface area contributed by atoms with Crippen LogP contribution < -0.4 is 5.32 Å². The molecule has 0 aliphatic heterocycles. The normalized spacial score (nSPS) is 21.1. The maximum absolute atomic E-state index is 14.2. The van der Waals surface area contributed by atoms with Crippen molar-refractivity contribution in [3.05, 3.63) is 48.3 Å². The van der Waals surface area contributed by atoms with Crippen molar-refractivity contribution in [2.24, 2.45) is 0 Å². The van der Waals surface area contributed by atoms with Crippen molar-refractivity contribution in [1.82, 2.24) is 14.4 Å². The molecule has 0 spiro atoms. The molecule has 5 nitrogen and oxygen atoms in total. The predicted molar refractivity (Wildman–Crippen MR) is 105 cm³/mol. The quantitative estimate of drug-likeness (QED) is 0.551. The van der Waals surface area contributed by atoms with E-state index in [2.05, 4.69) is 15.3 Å². The average molecular weight is 440 g/mol. The van der Waals surface area contributed by atoms with Crippen LogP contribution in [0.1, 0.15) is 38.2 Å². The average Bonchev–Trinajstić information content (AvgIpc) is 3.12. The second-order valence-corrected chi connectivity index (χ2v) is 7.97. The van der Waals surface area contributed by atoms with Gasteiger partial charge in [0.1, 0.15) is 11.5 Å². The molecular weight excluding hydrogens is 419 g/mol. The van der Waals surface area contributed by atoms with E-state index in [0.717, 1.165) is 12.3 Å². The lowest BCUT2D eigenvalue weighted by atomic mass is 9.91. The van der Waals surface area contributed by atoms with Crippen molar-refractivity contribution in [2.45, 2.75) is 56.3 Å². The number of aromatic nitrogens is 3. The number of aliphatic hydroxyl groups is 1. The van der Waals surface area contributed by atoms with E-state index >= 15 is 0 Å². The van der Waals surface area contributed by atoms with E-state index in [9.17, 15) is 27.1 Å². The van der Waals surface area contributed by atoms with E-state index in [1.807, 2.05) is 0 Å². The predicted octanol–water partition coefficient (Wildman–Crippen LogP) is 5.16. The SMILES string of the molecule is C[C@](O)(c1ccc2ncc(-c3cccc(N[C@H]4CCCCC4(F)F)n3)n2c1)C(F)(F)F. The number of nitrogens with one attached hydrogen (secondary N) is 1. The highest BCUT2D eigenvalue weighted by Gasteiger charge is 2.51. The third-order valence-electron chi connectivity index (χ3n) is 5.72. The molecule has 2 atom stereocenters. The van der Waals surface area contributed by atoms with E-state index in [1.165, 1.54) is 16.7 Å². The first-order valence-corrected chi connectivity index (χ1v) is 9.87. The van der Waals surface area contributed by atoms with Gasteiger partial charge in [0.15, 0.2) is 5.60 Å². The summed E-state index contributed by atoms with van der Waals surface area (Å²) in [4.78, 5) is 8.54. The molecule has 0 radical (unpaired) electrons. The maximum Gasteiger partial charge on any atom is 0.421 e. The number of fused-ring (bicyclic) bond motifs is 1. The molecule has 0 saturated heterocycles. The molecule has 1 saturated carbocycles. The minimum absolute atomic E-state index is 0.181. The highest BCUT2D eigenvalue weighted by Crippen LogP contribution is 2.39. The molecule has 10 heteroatoms. The lowest BCUT2D eigenvalue weighted by Gasteiger charge is -2.32. The molecule has 4 rings (SSSR count). The van der Waals surface area contributed by atoms with Crippen molar-refractivity contribution in [3.63, 3.8) is 0 Å². The summed E-state index contributed by atoms with van der Waals surface area (Å²) >= 11 is 0. The number of imidazole rings is 1. The van der Waals surface area contributed by atoms with Gasteiger partial charge in [-0.2, -0.15) is 13.2 Å². The molecule has 166 valence electrons. The van der Waals surface area contributed by atoms with E-state index in [4.69, 9.17) is 0 Å². The Morgan fingerprint density at radius 2 is 1.94 bits per heavy atom. The second kappa shape index (κ2) is 7.44. The Bertz CT molecular complexity index is 1090. The molecule has 1 aliphatic rings. The van der Waals surface area contributed by atoms with Gasteiger partial charge in [0, 0.05) is 18.2 Å². The van der Waals surface area contributed by atoms with Crippen LogP contribution in [0.25, 0.3) is 17.0 Å². The molecule has 31 heavy (non-hydrogen) atoms. The maximum atomic E-state index is 14.2. The topological polar surface area (TPSA) is 62.5 Å². The summed E-state index contributed by atoms with van der Waals surface area (Å²) in [6, 6.07) is 6.31. The molecular formula is C21H21F5N4O. The summed E-state index contributed by atoms with van der Waals surface area (Å²) in [5.41, 5.74) is -2.33. The van der Waals surface area contributed by atoms with Gasteiger partial charge in [-0.15, -0.1) is 0 Å². The first-order valence-electron chi connectivity index (χ1n) is 9.87. The zero-order valence-corrected chi connectivity index (χ0v) is 16.6. The van der Waals surface area contributed by atoms with Crippen LogP contribution >= 0.6 is 0 Å². The van der Waals surface area contributed by atoms with Gasteiger partial charge in [0.25, 0.3) is 5.92 Å². The number of nitrogens with zero attached hydrogens (tertiary/aromatic N) is 3. The molecule has 0 unspecified atom stereocenters. The zero-order chi connectivity index (χ0) is 22.4. The number of pyridine rings is 2. The molecule has 3 aromatic rings. The van der Waals surface area contributed by atoms with Crippen molar-refractivity contribution in [1.29, 1.82) is 0 Å². The Hall–Kier alpha value is -2.75. The fourth-order valence-corrected chi connectivity index (χ4v) is 3.73. The number of hydrogen-bond acceptors (Lipinski definition) is 4. The van der Waals surface area contributed by atoms with Crippen LogP contribution in [0.2, 0.25) is 0 Å². The van der Waals surface area contributed by atoms with Gasteiger partial charge < -0.3 is 10.4 Å². The lowest BCUT2D eigenvalue weighted by molar-refractivity contribution is -0.259. The highest BCUT2D eigenvalue weighted by atomic mass is 19.4. The summed E-state index contributed by atoms with van der Waals surface area (Å²) in [7, 11) is 0. The zero-order valence-electron chi connectivity index (χ0n) is 16.6. The van der Waals surface area contributed by atoms with Gasteiger partial charge in [-0.3, -0.25) is 4.40 Å². The molecule has 3 aromatic heterocycles. The van der Waals surface area contributed by atoms with Gasteiger partial charge >= 0.3 is 6.18 Å². The first-order chi connectivity index (χ1) is 14.5. The smallest absolute Gasteiger partial charge is 0.376 e. The Kier molecular flexibility index (Phi) is 5.15. The molecule has 3 heterocycles. The van der Waals surface area contributed by atoms with Gasteiger partial charge in [-0.1, -0.05) is 18.6 Å². The van der Waals surface area contributed by atoms with Gasteiger partial charge in [0.2, 0.25) is 0 Å². The fraction of sp³-hybridized carbons (Fsp3) is 0.429. The number of halogens is 5. The molecule has 0 amide bonds. The van der Waals surface area contributed by atoms with Crippen molar-refractivity contribution < 1.29 is 27.1 Å². The van der Waals surface area contributed by atoms with Crippen LogP contribution in [0, 0.1) is 0 Å². The number of rotatable bonds is 4.